The molecule has 106 valence electrons. The molecule has 1 aromatic carbocycles. The lowest BCUT2D eigenvalue weighted by Gasteiger charge is -2.30. The van der Waals surface area contributed by atoms with Crippen LogP contribution in [-0.2, 0) is 5.41 Å². The molecule has 3 unspecified atom stereocenters. The highest BCUT2D eigenvalue weighted by molar-refractivity contribution is 7.10. The van der Waals surface area contributed by atoms with Crippen molar-refractivity contribution in [3.8, 4) is 5.75 Å². The van der Waals surface area contributed by atoms with E-state index >= 15 is 0 Å². The van der Waals surface area contributed by atoms with Crippen LogP contribution in [0.1, 0.15) is 35.1 Å². The SMILES string of the molecule is CC1(c2cccs2)C(O)c2cc(O)c(Cl)c(Cl)c2C1O. The predicted octanol–water partition coefficient (Wildman–Crippen LogP) is 3.80. The third kappa shape index (κ3) is 1.66. The summed E-state index contributed by atoms with van der Waals surface area (Å²) in [4.78, 5) is 0.848. The van der Waals surface area contributed by atoms with Crippen LogP contribution in [0.2, 0.25) is 10.0 Å². The number of aliphatic hydroxyl groups is 2. The van der Waals surface area contributed by atoms with Crippen LogP contribution < -0.4 is 0 Å². The molecule has 0 saturated carbocycles. The Labute approximate surface area is 130 Å². The molecular formula is C14H12Cl2O3S. The standard InChI is InChI=1S/C14H12Cl2O3S/c1-14(8-3-2-4-20-8)12(18)6-5-7(17)10(15)11(16)9(6)13(14)19/h2-5,12-13,17-19H,1H3. The van der Waals surface area contributed by atoms with Crippen molar-refractivity contribution in [3.63, 3.8) is 0 Å². The molecule has 0 saturated heterocycles. The fraction of sp³-hybridized carbons (Fsp3) is 0.286. The maximum absolute atomic E-state index is 10.7. The van der Waals surface area contributed by atoms with Crippen LogP contribution in [0.15, 0.2) is 23.6 Å². The van der Waals surface area contributed by atoms with Gasteiger partial charge in [-0.25, -0.2) is 0 Å². The zero-order chi connectivity index (χ0) is 14.7. The van der Waals surface area contributed by atoms with Gasteiger partial charge in [0.15, 0.2) is 0 Å². The largest absolute Gasteiger partial charge is 0.506 e. The van der Waals surface area contributed by atoms with E-state index in [0.717, 1.165) is 4.88 Å². The molecule has 1 aliphatic rings. The molecule has 6 heteroatoms. The molecule has 3 N–H and O–H groups in total. The normalized spacial score (nSPS) is 28.6. The number of phenolic OH excluding ortho intramolecular Hbond substituents is 1. The van der Waals surface area contributed by atoms with E-state index in [1.54, 1.807) is 6.92 Å². The zero-order valence-corrected chi connectivity index (χ0v) is 12.8. The van der Waals surface area contributed by atoms with E-state index in [1.165, 1.54) is 17.4 Å². The number of hydrogen-bond donors (Lipinski definition) is 3. The van der Waals surface area contributed by atoms with Crippen molar-refractivity contribution in [2.45, 2.75) is 24.5 Å². The smallest absolute Gasteiger partial charge is 0.136 e. The Balaban J connectivity index is 2.25. The molecule has 3 atom stereocenters. The summed E-state index contributed by atoms with van der Waals surface area (Å²) in [6.07, 6.45) is -1.96. The summed E-state index contributed by atoms with van der Waals surface area (Å²) in [6, 6.07) is 5.09. The first-order chi connectivity index (χ1) is 9.39. The Hall–Kier alpha value is -0.780. The second kappa shape index (κ2) is 4.61. The van der Waals surface area contributed by atoms with Crippen LogP contribution in [0.3, 0.4) is 0 Å². The molecule has 0 amide bonds. The lowest BCUT2D eigenvalue weighted by Crippen LogP contribution is -2.30. The van der Waals surface area contributed by atoms with Gasteiger partial charge in [0, 0.05) is 10.4 Å². The lowest BCUT2D eigenvalue weighted by atomic mass is 9.81. The van der Waals surface area contributed by atoms with E-state index in [2.05, 4.69) is 0 Å². The molecule has 1 aromatic heterocycles. The molecule has 1 heterocycles. The van der Waals surface area contributed by atoms with Crippen molar-refractivity contribution in [2.75, 3.05) is 0 Å². The maximum atomic E-state index is 10.7. The van der Waals surface area contributed by atoms with Crippen molar-refractivity contribution >= 4 is 34.5 Å². The minimum atomic E-state index is -0.989. The maximum Gasteiger partial charge on any atom is 0.136 e. The summed E-state index contributed by atoms with van der Waals surface area (Å²) >= 11 is 13.5. The molecule has 0 spiro atoms. The minimum Gasteiger partial charge on any atom is -0.506 e. The van der Waals surface area contributed by atoms with Crippen molar-refractivity contribution < 1.29 is 15.3 Å². The monoisotopic (exact) mass is 330 g/mol. The highest BCUT2D eigenvalue weighted by Gasteiger charge is 2.52. The molecule has 0 radical (unpaired) electrons. The van der Waals surface area contributed by atoms with Crippen molar-refractivity contribution in [1.29, 1.82) is 0 Å². The Morgan fingerprint density at radius 3 is 2.50 bits per heavy atom. The number of aromatic hydroxyl groups is 1. The first-order valence-electron chi connectivity index (χ1n) is 6.00. The van der Waals surface area contributed by atoms with Gasteiger partial charge in [-0.05, 0) is 30.0 Å². The molecule has 3 nitrogen and oxygen atoms in total. The summed E-state index contributed by atoms with van der Waals surface area (Å²) in [5.74, 6) is -0.197. The summed E-state index contributed by atoms with van der Waals surface area (Å²) in [6.45, 7) is 1.77. The first-order valence-corrected chi connectivity index (χ1v) is 7.63. The summed E-state index contributed by atoms with van der Waals surface area (Å²) in [5, 5.41) is 33.0. The third-order valence-electron chi connectivity index (χ3n) is 4.01. The Bertz CT molecular complexity index is 672. The van der Waals surface area contributed by atoms with E-state index in [9.17, 15) is 15.3 Å². The number of rotatable bonds is 1. The molecule has 0 aliphatic heterocycles. The molecule has 1 aliphatic carbocycles. The van der Waals surface area contributed by atoms with Gasteiger partial charge in [0.25, 0.3) is 0 Å². The molecule has 0 fully saturated rings. The van der Waals surface area contributed by atoms with Gasteiger partial charge in [-0.2, -0.15) is 0 Å². The van der Waals surface area contributed by atoms with Crippen LogP contribution in [0.5, 0.6) is 5.75 Å². The Kier molecular flexibility index (Phi) is 3.27. The van der Waals surface area contributed by atoms with Crippen molar-refractivity contribution in [3.05, 3.63) is 49.6 Å². The topological polar surface area (TPSA) is 60.7 Å². The van der Waals surface area contributed by atoms with Gasteiger partial charge in [0.2, 0.25) is 0 Å². The van der Waals surface area contributed by atoms with Gasteiger partial charge in [-0.3, -0.25) is 0 Å². The number of halogens is 2. The molecule has 2 aromatic rings. The second-order valence-corrected chi connectivity index (χ2v) is 6.80. The number of aliphatic hydroxyl groups excluding tert-OH is 2. The van der Waals surface area contributed by atoms with Gasteiger partial charge in [-0.15, -0.1) is 11.3 Å². The quantitative estimate of drug-likeness (QED) is 0.745. The van der Waals surface area contributed by atoms with Crippen LogP contribution in [0, 0.1) is 0 Å². The molecule has 20 heavy (non-hydrogen) atoms. The van der Waals surface area contributed by atoms with Gasteiger partial charge >= 0.3 is 0 Å². The van der Waals surface area contributed by atoms with E-state index in [0.29, 0.717) is 11.1 Å². The average Bonchev–Trinajstić information content (AvgIpc) is 3.01. The minimum absolute atomic E-state index is 0.00732. The van der Waals surface area contributed by atoms with Crippen molar-refractivity contribution in [1.82, 2.24) is 0 Å². The third-order valence-corrected chi connectivity index (χ3v) is 6.01. The Morgan fingerprint density at radius 1 is 1.20 bits per heavy atom. The van der Waals surface area contributed by atoms with Gasteiger partial charge in [-0.1, -0.05) is 29.3 Å². The number of phenols is 1. The Morgan fingerprint density at radius 2 is 1.90 bits per heavy atom. The molecular weight excluding hydrogens is 319 g/mol. The zero-order valence-electron chi connectivity index (χ0n) is 10.5. The van der Waals surface area contributed by atoms with Crippen LogP contribution in [0.4, 0.5) is 0 Å². The fourth-order valence-corrected chi connectivity index (χ4v) is 4.18. The second-order valence-electron chi connectivity index (χ2n) is 5.09. The van der Waals surface area contributed by atoms with E-state index < -0.39 is 17.6 Å². The van der Waals surface area contributed by atoms with Crippen LogP contribution >= 0.6 is 34.5 Å². The number of hydrogen-bond acceptors (Lipinski definition) is 4. The highest BCUT2D eigenvalue weighted by atomic mass is 35.5. The van der Waals surface area contributed by atoms with E-state index in [1.807, 2.05) is 17.5 Å². The highest BCUT2D eigenvalue weighted by Crippen LogP contribution is 2.58. The van der Waals surface area contributed by atoms with Gasteiger partial charge in [0.05, 0.1) is 22.6 Å². The van der Waals surface area contributed by atoms with Crippen LogP contribution in [0.25, 0.3) is 0 Å². The summed E-state index contributed by atoms with van der Waals surface area (Å²) in [7, 11) is 0. The van der Waals surface area contributed by atoms with Gasteiger partial charge < -0.3 is 15.3 Å². The fourth-order valence-electron chi connectivity index (χ4n) is 2.78. The lowest BCUT2D eigenvalue weighted by molar-refractivity contribution is 0.0168. The molecule has 0 bridgehead atoms. The average molecular weight is 331 g/mol. The summed E-state index contributed by atoms with van der Waals surface area (Å²) < 4.78 is 0. The summed E-state index contributed by atoms with van der Waals surface area (Å²) in [5.41, 5.74) is -0.102. The number of fused-ring (bicyclic) bond motifs is 1. The van der Waals surface area contributed by atoms with Gasteiger partial charge in [0.1, 0.15) is 10.8 Å². The number of benzene rings is 1. The van der Waals surface area contributed by atoms with Crippen LogP contribution in [-0.4, -0.2) is 15.3 Å². The van der Waals surface area contributed by atoms with E-state index in [-0.39, 0.29) is 15.8 Å². The predicted molar refractivity (Wildman–Crippen MR) is 79.7 cm³/mol. The first kappa shape index (κ1) is 14.2. The van der Waals surface area contributed by atoms with E-state index in [4.69, 9.17) is 23.2 Å². The van der Waals surface area contributed by atoms with Crippen molar-refractivity contribution in [2.24, 2.45) is 0 Å². The molecule has 3 rings (SSSR count). The number of thiophene rings is 1.